The Balaban J connectivity index is 2.09. The highest BCUT2D eigenvalue weighted by Gasteiger charge is 2.12. The molecule has 0 spiro atoms. The molecule has 1 unspecified atom stereocenters. The van der Waals surface area contributed by atoms with E-state index in [9.17, 15) is 9.50 Å². The van der Waals surface area contributed by atoms with E-state index in [-0.39, 0.29) is 18.3 Å². The van der Waals surface area contributed by atoms with Gasteiger partial charge in [0, 0.05) is 15.6 Å². The molecule has 0 heterocycles. The van der Waals surface area contributed by atoms with Crippen molar-refractivity contribution in [1.29, 1.82) is 0 Å². The monoisotopic (exact) mass is 400 g/mol. The maximum Gasteiger partial charge on any atom is 0.124 e. The van der Waals surface area contributed by atoms with Crippen LogP contribution in [-0.2, 0) is 12.8 Å². The number of hydrogen-bond acceptors (Lipinski definition) is 1. The molecule has 0 saturated heterocycles. The topological polar surface area (TPSA) is 20.2 Å². The molecule has 0 aromatic heterocycles. The van der Waals surface area contributed by atoms with E-state index in [1.165, 1.54) is 17.7 Å². The standard InChI is InChI=1S/C16H15Br2FO/c17-14-3-1-2-11(8-14)6-12(10-20)7-13-4-5-15(19)9-16(13)18/h1-5,8-9,12,20H,6-7,10H2. The van der Waals surface area contributed by atoms with E-state index in [0.717, 1.165) is 20.9 Å². The number of benzene rings is 2. The molecule has 106 valence electrons. The molecule has 0 aliphatic heterocycles. The Morgan fingerprint density at radius 1 is 1.05 bits per heavy atom. The molecule has 1 nitrogen and oxygen atoms in total. The summed E-state index contributed by atoms with van der Waals surface area (Å²) < 4.78 is 14.9. The molecule has 1 N–H and O–H groups in total. The fourth-order valence-electron chi connectivity index (χ4n) is 2.20. The summed E-state index contributed by atoms with van der Waals surface area (Å²) in [6.07, 6.45) is 1.50. The molecule has 0 saturated carbocycles. The molecule has 2 aromatic rings. The minimum absolute atomic E-state index is 0.107. The number of hydrogen-bond donors (Lipinski definition) is 1. The highest BCUT2D eigenvalue weighted by Crippen LogP contribution is 2.23. The van der Waals surface area contributed by atoms with Crippen LogP contribution in [0, 0.1) is 11.7 Å². The Morgan fingerprint density at radius 2 is 1.85 bits per heavy atom. The average molecular weight is 402 g/mol. The fraction of sp³-hybridized carbons (Fsp3) is 0.250. The predicted molar refractivity (Wildman–Crippen MR) is 86.2 cm³/mol. The molecule has 1 atom stereocenters. The zero-order valence-corrected chi connectivity index (χ0v) is 14.0. The van der Waals surface area contributed by atoms with Crippen LogP contribution in [0.2, 0.25) is 0 Å². The van der Waals surface area contributed by atoms with E-state index < -0.39 is 0 Å². The van der Waals surface area contributed by atoms with Crippen molar-refractivity contribution in [2.45, 2.75) is 12.8 Å². The van der Waals surface area contributed by atoms with Crippen molar-refractivity contribution in [2.75, 3.05) is 6.61 Å². The zero-order chi connectivity index (χ0) is 14.5. The summed E-state index contributed by atoms with van der Waals surface area (Å²) in [6, 6.07) is 12.8. The summed E-state index contributed by atoms with van der Waals surface area (Å²) in [5.74, 6) is -0.140. The van der Waals surface area contributed by atoms with Gasteiger partial charge in [0.25, 0.3) is 0 Å². The zero-order valence-electron chi connectivity index (χ0n) is 10.8. The van der Waals surface area contributed by atoms with Gasteiger partial charge in [-0.3, -0.25) is 0 Å². The molecular weight excluding hydrogens is 387 g/mol. The Labute approximate surface area is 135 Å². The van der Waals surface area contributed by atoms with E-state index in [0.29, 0.717) is 6.42 Å². The molecule has 2 aromatic carbocycles. The summed E-state index contributed by atoms with van der Waals surface area (Å²) in [4.78, 5) is 0. The van der Waals surface area contributed by atoms with Crippen molar-refractivity contribution in [3.8, 4) is 0 Å². The van der Waals surface area contributed by atoms with Gasteiger partial charge in [-0.05, 0) is 54.2 Å². The number of aliphatic hydroxyl groups excluding tert-OH is 1. The summed E-state index contributed by atoms with van der Waals surface area (Å²) in [6.45, 7) is 0.107. The molecule has 0 aliphatic carbocycles. The van der Waals surface area contributed by atoms with Crippen molar-refractivity contribution in [2.24, 2.45) is 5.92 Å². The maximum atomic E-state index is 13.1. The van der Waals surface area contributed by atoms with E-state index in [2.05, 4.69) is 37.9 Å². The normalized spacial score (nSPS) is 12.4. The van der Waals surface area contributed by atoms with Gasteiger partial charge in [-0.2, -0.15) is 0 Å². The van der Waals surface area contributed by atoms with Gasteiger partial charge >= 0.3 is 0 Å². The summed E-state index contributed by atoms with van der Waals surface area (Å²) >= 11 is 6.82. The summed E-state index contributed by atoms with van der Waals surface area (Å²) in [5.41, 5.74) is 2.19. The van der Waals surface area contributed by atoms with E-state index in [1.54, 1.807) is 6.07 Å². The number of halogens is 3. The molecule has 20 heavy (non-hydrogen) atoms. The molecule has 0 bridgehead atoms. The first-order valence-electron chi connectivity index (χ1n) is 6.37. The van der Waals surface area contributed by atoms with Gasteiger partial charge in [0.05, 0.1) is 0 Å². The molecule has 0 fully saturated rings. The lowest BCUT2D eigenvalue weighted by atomic mass is 9.93. The smallest absolute Gasteiger partial charge is 0.124 e. The van der Waals surface area contributed by atoms with Crippen molar-refractivity contribution >= 4 is 31.9 Å². The Morgan fingerprint density at radius 3 is 2.50 bits per heavy atom. The molecule has 0 aliphatic rings. The minimum atomic E-state index is -0.256. The SMILES string of the molecule is OCC(Cc1cccc(Br)c1)Cc1ccc(F)cc1Br. The second-order valence-electron chi connectivity index (χ2n) is 4.82. The van der Waals surface area contributed by atoms with Crippen molar-refractivity contribution in [3.05, 3.63) is 68.4 Å². The van der Waals surface area contributed by atoms with Gasteiger partial charge in [-0.25, -0.2) is 4.39 Å². The van der Waals surface area contributed by atoms with Crippen molar-refractivity contribution in [3.63, 3.8) is 0 Å². The molecule has 4 heteroatoms. The van der Waals surface area contributed by atoms with Gasteiger partial charge in [0.2, 0.25) is 0 Å². The van der Waals surface area contributed by atoms with Crippen LogP contribution in [0.5, 0.6) is 0 Å². The highest BCUT2D eigenvalue weighted by atomic mass is 79.9. The lowest BCUT2D eigenvalue weighted by molar-refractivity contribution is 0.225. The average Bonchev–Trinajstić information content (AvgIpc) is 2.41. The van der Waals surface area contributed by atoms with Crippen LogP contribution in [0.1, 0.15) is 11.1 Å². The Bertz CT molecular complexity index is 586. The third-order valence-electron chi connectivity index (χ3n) is 3.20. The number of rotatable bonds is 5. The van der Waals surface area contributed by atoms with E-state index in [4.69, 9.17) is 0 Å². The second kappa shape index (κ2) is 7.34. The third-order valence-corrected chi connectivity index (χ3v) is 4.43. The van der Waals surface area contributed by atoms with Gasteiger partial charge in [0.15, 0.2) is 0 Å². The van der Waals surface area contributed by atoms with Gasteiger partial charge < -0.3 is 5.11 Å². The third kappa shape index (κ3) is 4.40. The molecule has 2 rings (SSSR count). The fourth-order valence-corrected chi connectivity index (χ4v) is 3.16. The maximum absolute atomic E-state index is 13.1. The summed E-state index contributed by atoms with van der Waals surface area (Å²) in [5, 5.41) is 9.56. The van der Waals surface area contributed by atoms with Crippen LogP contribution in [0.4, 0.5) is 4.39 Å². The highest BCUT2D eigenvalue weighted by molar-refractivity contribution is 9.10. The van der Waals surface area contributed by atoms with E-state index in [1.807, 2.05) is 18.2 Å². The predicted octanol–water partition coefficient (Wildman–Crippen LogP) is 4.74. The van der Waals surface area contributed by atoms with Crippen LogP contribution >= 0.6 is 31.9 Å². The molecule has 0 amide bonds. The van der Waals surface area contributed by atoms with Crippen LogP contribution in [0.25, 0.3) is 0 Å². The van der Waals surface area contributed by atoms with Crippen LogP contribution in [0.3, 0.4) is 0 Å². The van der Waals surface area contributed by atoms with Crippen molar-refractivity contribution in [1.82, 2.24) is 0 Å². The lowest BCUT2D eigenvalue weighted by Gasteiger charge is -2.15. The summed E-state index contributed by atoms with van der Waals surface area (Å²) in [7, 11) is 0. The lowest BCUT2D eigenvalue weighted by Crippen LogP contribution is -2.13. The second-order valence-corrected chi connectivity index (χ2v) is 6.59. The minimum Gasteiger partial charge on any atom is -0.396 e. The van der Waals surface area contributed by atoms with Crippen molar-refractivity contribution < 1.29 is 9.50 Å². The molecule has 0 radical (unpaired) electrons. The number of aliphatic hydroxyl groups is 1. The van der Waals surface area contributed by atoms with Crippen LogP contribution < -0.4 is 0 Å². The van der Waals surface area contributed by atoms with Crippen LogP contribution in [-0.4, -0.2) is 11.7 Å². The quantitative estimate of drug-likeness (QED) is 0.766. The first kappa shape index (κ1) is 15.7. The van der Waals surface area contributed by atoms with E-state index >= 15 is 0 Å². The van der Waals surface area contributed by atoms with Gasteiger partial charge in [-0.1, -0.05) is 50.1 Å². The molecular formula is C16H15Br2FO. The van der Waals surface area contributed by atoms with Gasteiger partial charge in [-0.15, -0.1) is 0 Å². The van der Waals surface area contributed by atoms with Crippen LogP contribution in [0.15, 0.2) is 51.4 Å². The largest absolute Gasteiger partial charge is 0.396 e. The first-order valence-corrected chi connectivity index (χ1v) is 7.96. The first-order chi connectivity index (χ1) is 9.58. The Hall–Kier alpha value is -0.710. The van der Waals surface area contributed by atoms with Gasteiger partial charge in [0.1, 0.15) is 5.82 Å². The Kier molecular flexibility index (Phi) is 5.75.